The van der Waals surface area contributed by atoms with Gasteiger partial charge in [-0.2, -0.15) is 0 Å². The molecule has 16 heavy (non-hydrogen) atoms. The SMILES string of the molecule is O=C(O)C1C=CC=CC1(I)c1ccccc1. The fourth-order valence-electron chi connectivity index (χ4n) is 1.85. The molecule has 2 unspecified atom stereocenters. The Bertz CT molecular complexity index is 450. The summed E-state index contributed by atoms with van der Waals surface area (Å²) in [6.45, 7) is 0. The van der Waals surface area contributed by atoms with Crippen molar-refractivity contribution in [3.05, 3.63) is 60.2 Å². The monoisotopic (exact) mass is 326 g/mol. The van der Waals surface area contributed by atoms with E-state index in [1.807, 2.05) is 42.5 Å². The molecule has 1 aromatic rings. The van der Waals surface area contributed by atoms with Crippen molar-refractivity contribution in [3.8, 4) is 0 Å². The van der Waals surface area contributed by atoms with E-state index in [0.29, 0.717) is 0 Å². The minimum atomic E-state index is -0.793. The van der Waals surface area contributed by atoms with Gasteiger partial charge in [-0.05, 0) is 5.56 Å². The Hall–Kier alpha value is -1.10. The molecule has 0 amide bonds. The highest BCUT2D eigenvalue weighted by atomic mass is 127. The average molecular weight is 326 g/mol. The van der Waals surface area contributed by atoms with E-state index in [1.165, 1.54) is 0 Å². The number of halogens is 1. The molecule has 0 heterocycles. The second-order valence-electron chi connectivity index (χ2n) is 3.69. The lowest BCUT2D eigenvalue weighted by Crippen LogP contribution is -2.32. The molecule has 1 aliphatic carbocycles. The first kappa shape index (κ1) is 11.4. The predicted molar refractivity (Wildman–Crippen MR) is 71.5 cm³/mol. The maximum absolute atomic E-state index is 11.3. The predicted octanol–water partition coefficient (Wildman–Crippen LogP) is 3.14. The molecule has 0 saturated carbocycles. The Labute approximate surface area is 108 Å². The number of aliphatic carboxylic acids is 1. The van der Waals surface area contributed by atoms with Gasteiger partial charge in [0.25, 0.3) is 0 Å². The minimum absolute atomic E-state index is 0.487. The van der Waals surface area contributed by atoms with E-state index < -0.39 is 15.3 Å². The molecule has 0 bridgehead atoms. The summed E-state index contributed by atoms with van der Waals surface area (Å²) in [5, 5.41) is 9.25. The van der Waals surface area contributed by atoms with Crippen molar-refractivity contribution < 1.29 is 9.90 Å². The number of rotatable bonds is 2. The molecule has 2 nitrogen and oxygen atoms in total. The third-order valence-electron chi connectivity index (χ3n) is 2.69. The van der Waals surface area contributed by atoms with Crippen LogP contribution in [0.3, 0.4) is 0 Å². The lowest BCUT2D eigenvalue weighted by molar-refractivity contribution is -0.140. The van der Waals surface area contributed by atoms with E-state index in [4.69, 9.17) is 0 Å². The summed E-state index contributed by atoms with van der Waals surface area (Å²) in [6.07, 6.45) is 7.38. The van der Waals surface area contributed by atoms with Gasteiger partial charge in [-0.1, -0.05) is 77.2 Å². The van der Waals surface area contributed by atoms with E-state index in [-0.39, 0.29) is 0 Å². The molecule has 2 rings (SSSR count). The smallest absolute Gasteiger partial charge is 0.312 e. The van der Waals surface area contributed by atoms with Crippen molar-refractivity contribution in [2.45, 2.75) is 3.42 Å². The maximum atomic E-state index is 11.3. The molecule has 1 aliphatic rings. The molecule has 0 aromatic heterocycles. The second-order valence-corrected chi connectivity index (χ2v) is 5.48. The van der Waals surface area contributed by atoms with Crippen LogP contribution in [0.2, 0.25) is 0 Å². The van der Waals surface area contributed by atoms with Gasteiger partial charge in [0.15, 0.2) is 0 Å². The van der Waals surface area contributed by atoms with Gasteiger partial charge in [0.1, 0.15) is 0 Å². The first-order chi connectivity index (χ1) is 7.64. The van der Waals surface area contributed by atoms with Crippen LogP contribution in [-0.4, -0.2) is 11.1 Å². The maximum Gasteiger partial charge on any atom is 0.312 e. The van der Waals surface area contributed by atoms with Crippen molar-refractivity contribution in [1.29, 1.82) is 0 Å². The van der Waals surface area contributed by atoms with Gasteiger partial charge in [-0.15, -0.1) is 0 Å². The Morgan fingerprint density at radius 2 is 1.94 bits per heavy atom. The first-order valence-corrected chi connectivity index (χ1v) is 6.06. The normalized spacial score (nSPS) is 27.9. The number of carboxylic acid groups (broad SMARTS) is 1. The molecule has 1 N–H and O–H groups in total. The van der Waals surface area contributed by atoms with E-state index >= 15 is 0 Å². The highest BCUT2D eigenvalue weighted by molar-refractivity contribution is 14.1. The summed E-state index contributed by atoms with van der Waals surface area (Å²) >= 11 is 2.21. The average Bonchev–Trinajstić information content (AvgIpc) is 2.30. The number of hydrogen-bond donors (Lipinski definition) is 1. The highest BCUT2D eigenvalue weighted by Crippen LogP contribution is 2.43. The zero-order valence-electron chi connectivity index (χ0n) is 8.51. The number of hydrogen-bond acceptors (Lipinski definition) is 1. The fourth-order valence-corrected chi connectivity index (χ4v) is 2.89. The molecule has 0 fully saturated rings. The van der Waals surface area contributed by atoms with Crippen LogP contribution < -0.4 is 0 Å². The summed E-state index contributed by atoms with van der Waals surface area (Å²) in [5.74, 6) is -1.31. The van der Waals surface area contributed by atoms with Gasteiger partial charge in [0.2, 0.25) is 0 Å². The zero-order valence-corrected chi connectivity index (χ0v) is 10.7. The topological polar surface area (TPSA) is 37.3 Å². The van der Waals surface area contributed by atoms with Crippen LogP contribution in [0.4, 0.5) is 0 Å². The summed E-state index contributed by atoms with van der Waals surface area (Å²) < 4.78 is -0.487. The van der Waals surface area contributed by atoms with Gasteiger partial charge < -0.3 is 5.11 Å². The molecule has 1 aromatic carbocycles. The molecular formula is C13H11IO2. The third-order valence-corrected chi connectivity index (χ3v) is 4.34. The largest absolute Gasteiger partial charge is 0.481 e. The van der Waals surface area contributed by atoms with Gasteiger partial charge >= 0.3 is 5.97 Å². The van der Waals surface area contributed by atoms with Crippen LogP contribution in [0.1, 0.15) is 5.56 Å². The zero-order chi connectivity index (χ0) is 11.6. The fraction of sp³-hybridized carbons (Fsp3) is 0.154. The van der Waals surface area contributed by atoms with Crippen LogP contribution in [-0.2, 0) is 8.22 Å². The van der Waals surface area contributed by atoms with Crippen LogP contribution in [0.15, 0.2) is 54.6 Å². The standard InChI is InChI=1S/C13H11IO2/c14-13(10-6-2-1-3-7-10)9-5-4-8-11(13)12(15)16/h1-9,11H,(H,15,16). The van der Waals surface area contributed by atoms with Gasteiger partial charge in [-0.25, -0.2) is 0 Å². The molecule has 0 radical (unpaired) electrons. The molecule has 2 atom stereocenters. The number of alkyl halides is 1. The molecule has 0 aliphatic heterocycles. The van der Waals surface area contributed by atoms with Crippen molar-refractivity contribution in [1.82, 2.24) is 0 Å². The highest BCUT2D eigenvalue weighted by Gasteiger charge is 2.39. The Morgan fingerprint density at radius 3 is 2.56 bits per heavy atom. The van der Waals surface area contributed by atoms with E-state index in [0.717, 1.165) is 5.56 Å². The number of allylic oxidation sites excluding steroid dienone is 3. The van der Waals surface area contributed by atoms with E-state index in [2.05, 4.69) is 22.6 Å². The van der Waals surface area contributed by atoms with Crippen molar-refractivity contribution in [3.63, 3.8) is 0 Å². The first-order valence-electron chi connectivity index (χ1n) is 4.98. The molecule has 82 valence electrons. The lowest BCUT2D eigenvalue weighted by atomic mass is 9.83. The summed E-state index contributed by atoms with van der Waals surface area (Å²) in [4.78, 5) is 11.3. The Kier molecular flexibility index (Phi) is 3.14. The molecular weight excluding hydrogens is 315 g/mol. The van der Waals surface area contributed by atoms with Crippen molar-refractivity contribution in [2.75, 3.05) is 0 Å². The van der Waals surface area contributed by atoms with Crippen LogP contribution in [0, 0.1) is 5.92 Å². The van der Waals surface area contributed by atoms with E-state index in [9.17, 15) is 9.90 Å². The third kappa shape index (κ3) is 1.91. The van der Waals surface area contributed by atoms with Crippen molar-refractivity contribution >= 4 is 28.6 Å². The quantitative estimate of drug-likeness (QED) is 0.670. The second kappa shape index (κ2) is 4.41. The summed E-state index contributed by atoms with van der Waals surface area (Å²) in [7, 11) is 0. The number of carbonyl (C=O) groups is 1. The van der Waals surface area contributed by atoms with Crippen LogP contribution in [0.5, 0.6) is 0 Å². The Balaban J connectivity index is 2.47. The lowest BCUT2D eigenvalue weighted by Gasteiger charge is -2.31. The van der Waals surface area contributed by atoms with Gasteiger partial charge in [0.05, 0.1) is 9.34 Å². The number of benzene rings is 1. The molecule has 0 saturated heterocycles. The van der Waals surface area contributed by atoms with Gasteiger partial charge in [0, 0.05) is 0 Å². The van der Waals surface area contributed by atoms with Gasteiger partial charge in [-0.3, -0.25) is 4.79 Å². The van der Waals surface area contributed by atoms with E-state index in [1.54, 1.807) is 12.2 Å². The Morgan fingerprint density at radius 1 is 1.25 bits per heavy atom. The van der Waals surface area contributed by atoms with Crippen molar-refractivity contribution in [2.24, 2.45) is 5.92 Å². The summed E-state index contributed by atoms with van der Waals surface area (Å²) in [6, 6.07) is 9.72. The minimum Gasteiger partial charge on any atom is -0.481 e. The van der Waals surface area contributed by atoms with Crippen LogP contribution in [0.25, 0.3) is 0 Å². The molecule has 3 heteroatoms. The number of carboxylic acids is 1. The summed E-state index contributed by atoms with van der Waals surface area (Å²) in [5.41, 5.74) is 1.02. The molecule has 0 spiro atoms. The van der Waals surface area contributed by atoms with Crippen LogP contribution >= 0.6 is 22.6 Å².